The van der Waals surface area contributed by atoms with E-state index in [-0.39, 0.29) is 11.6 Å². The Kier molecular flexibility index (Phi) is 3.21. The molecule has 3 rings (SSSR count). The summed E-state index contributed by atoms with van der Waals surface area (Å²) < 4.78 is 3.92. The second kappa shape index (κ2) is 5.05. The van der Waals surface area contributed by atoms with Crippen LogP contribution in [0, 0.1) is 6.92 Å². The van der Waals surface area contributed by atoms with E-state index in [0.29, 0.717) is 12.1 Å². The predicted molar refractivity (Wildman–Crippen MR) is 78.4 cm³/mol. The lowest BCUT2D eigenvalue weighted by Gasteiger charge is -2.16. The number of carboxylic acid groups (broad SMARTS) is 1. The Labute approximate surface area is 121 Å². The Balaban J connectivity index is 2.08. The Morgan fingerprint density at radius 2 is 2.19 bits per heavy atom. The molecular formula is C15H16N4O2. The smallest absolute Gasteiger partial charge is 0.337 e. The maximum atomic E-state index is 11.3. The fraction of sp³-hybridized carbons (Fsp3) is 0.267. The first-order valence-electron chi connectivity index (χ1n) is 6.76. The van der Waals surface area contributed by atoms with Crippen molar-refractivity contribution in [3.05, 3.63) is 48.0 Å². The largest absolute Gasteiger partial charge is 0.478 e. The van der Waals surface area contributed by atoms with Gasteiger partial charge in [0.1, 0.15) is 11.3 Å². The minimum Gasteiger partial charge on any atom is -0.478 e. The molecule has 0 fully saturated rings. The Morgan fingerprint density at radius 1 is 1.38 bits per heavy atom. The molecule has 0 aliphatic carbocycles. The molecule has 0 spiro atoms. The lowest BCUT2D eigenvalue weighted by Crippen LogP contribution is -2.14. The van der Waals surface area contributed by atoms with E-state index in [0.717, 1.165) is 11.3 Å². The van der Waals surface area contributed by atoms with Crippen LogP contribution in [0.2, 0.25) is 0 Å². The Bertz CT molecular complexity index is 789. The second-order valence-corrected chi connectivity index (χ2v) is 5.08. The fourth-order valence-corrected chi connectivity index (χ4v) is 2.72. The molecule has 0 amide bonds. The lowest BCUT2D eigenvalue weighted by molar-refractivity contribution is 0.0699. The summed E-state index contributed by atoms with van der Waals surface area (Å²) >= 11 is 0. The van der Waals surface area contributed by atoms with Crippen LogP contribution < -0.4 is 0 Å². The Hall–Kier alpha value is -2.63. The van der Waals surface area contributed by atoms with Crippen molar-refractivity contribution < 1.29 is 9.90 Å². The van der Waals surface area contributed by atoms with Gasteiger partial charge >= 0.3 is 5.97 Å². The van der Waals surface area contributed by atoms with Crippen LogP contribution in [-0.4, -0.2) is 30.4 Å². The highest BCUT2D eigenvalue weighted by Crippen LogP contribution is 2.24. The average Bonchev–Trinajstić information content (AvgIpc) is 3.03. The molecular weight excluding hydrogens is 268 g/mol. The number of nitrogens with zero attached hydrogens (tertiary/aromatic N) is 4. The molecule has 1 unspecified atom stereocenters. The highest BCUT2D eigenvalue weighted by molar-refractivity contribution is 6.01. The van der Waals surface area contributed by atoms with Gasteiger partial charge in [0.15, 0.2) is 0 Å². The van der Waals surface area contributed by atoms with Crippen molar-refractivity contribution in [1.82, 2.24) is 19.3 Å². The van der Waals surface area contributed by atoms with E-state index in [4.69, 9.17) is 0 Å². The summed E-state index contributed by atoms with van der Waals surface area (Å²) in [7, 11) is 0. The molecule has 2 heterocycles. The summed E-state index contributed by atoms with van der Waals surface area (Å²) in [4.78, 5) is 15.7. The van der Waals surface area contributed by atoms with E-state index in [9.17, 15) is 9.90 Å². The van der Waals surface area contributed by atoms with Crippen molar-refractivity contribution >= 4 is 17.0 Å². The molecule has 2 aromatic heterocycles. The van der Waals surface area contributed by atoms with E-state index in [2.05, 4.69) is 21.6 Å². The van der Waals surface area contributed by atoms with Gasteiger partial charge in [-0.15, -0.1) is 0 Å². The van der Waals surface area contributed by atoms with Crippen molar-refractivity contribution in [2.45, 2.75) is 26.4 Å². The SMILES string of the molecule is Cc1nc2c(C(=O)O)cccc2n1C(C)Cn1cccn1. The second-order valence-electron chi connectivity index (χ2n) is 5.08. The number of para-hydroxylation sites is 1. The van der Waals surface area contributed by atoms with Gasteiger partial charge in [-0.05, 0) is 32.0 Å². The molecule has 6 nitrogen and oxygen atoms in total. The quantitative estimate of drug-likeness (QED) is 0.799. The number of imidazole rings is 1. The van der Waals surface area contributed by atoms with Crippen LogP contribution in [0.25, 0.3) is 11.0 Å². The minimum absolute atomic E-state index is 0.124. The molecule has 1 atom stereocenters. The zero-order valence-corrected chi connectivity index (χ0v) is 11.9. The van der Waals surface area contributed by atoms with Crippen molar-refractivity contribution in [2.75, 3.05) is 0 Å². The molecule has 0 saturated carbocycles. The van der Waals surface area contributed by atoms with Gasteiger partial charge < -0.3 is 9.67 Å². The number of aromatic carboxylic acids is 1. The summed E-state index contributed by atoms with van der Waals surface area (Å²) in [5, 5.41) is 13.5. The number of rotatable bonds is 4. The molecule has 0 saturated heterocycles. The monoisotopic (exact) mass is 284 g/mol. The van der Waals surface area contributed by atoms with E-state index in [1.807, 2.05) is 29.9 Å². The van der Waals surface area contributed by atoms with Crippen LogP contribution in [0.15, 0.2) is 36.7 Å². The number of benzene rings is 1. The molecule has 0 bridgehead atoms. The number of carboxylic acids is 1. The van der Waals surface area contributed by atoms with Crippen molar-refractivity contribution in [1.29, 1.82) is 0 Å². The maximum Gasteiger partial charge on any atom is 0.337 e. The highest BCUT2D eigenvalue weighted by Gasteiger charge is 2.18. The molecule has 1 N–H and O–H groups in total. The third-order valence-corrected chi connectivity index (χ3v) is 3.58. The first kappa shape index (κ1) is 13.4. The van der Waals surface area contributed by atoms with Crippen molar-refractivity contribution in [3.8, 4) is 0 Å². The normalized spacial score (nSPS) is 12.7. The van der Waals surface area contributed by atoms with Crippen LogP contribution in [0.4, 0.5) is 0 Å². The van der Waals surface area contributed by atoms with Gasteiger partial charge in [-0.3, -0.25) is 4.68 Å². The average molecular weight is 284 g/mol. The van der Waals surface area contributed by atoms with Gasteiger partial charge in [-0.1, -0.05) is 6.07 Å². The molecule has 0 aliphatic heterocycles. The summed E-state index contributed by atoms with van der Waals surface area (Å²) in [5.41, 5.74) is 1.61. The summed E-state index contributed by atoms with van der Waals surface area (Å²) in [6.07, 6.45) is 3.65. The summed E-state index contributed by atoms with van der Waals surface area (Å²) in [5.74, 6) is -0.150. The lowest BCUT2D eigenvalue weighted by atomic mass is 10.2. The molecule has 1 aromatic carbocycles. The van der Waals surface area contributed by atoms with Crippen LogP contribution in [-0.2, 0) is 6.54 Å². The van der Waals surface area contributed by atoms with Gasteiger partial charge in [0, 0.05) is 12.4 Å². The van der Waals surface area contributed by atoms with E-state index < -0.39 is 5.97 Å². The molecule has 3 aromatic rings. The fourth-order valence-electron chi connectivity index (χ4n) is 2.72. The summed E-state index contributed by atoms with van der Waals surface area (Å²) in [6.45, 7) is 4.67. The van der Waals surface area contributed by atoms with Crippen LogP contribution >= 0.6 is 0 Å². The van der Waals surface area contributed by atoms with Crippen LogP contribution in [0.3, 0.4) is 0 Å². The highest BCUT2D eigenvalue weighted by atomic mass is 16.4. The van der Waals surface area contributed by atoms with E-state index in [1.54, 1.807) is 18.3 Å². The van der Waals surface area contributed by atoms with Gasteiger partial charge in [0.25, 0.3) is 0 Å². The molecule has 6 heteroatoms. The van der Waals surface area contributed by atoms with Gasteiger partial charge in [-0.2, -0.15) is 5.10 Å². The zero-order chi connectivity index (χ0) is 15.0. The number of hydrogen-bond donors (Lipinski definition) is 1. The zero-order valence-electron chi connectivity index (χ0n) is 11.9. The predicted octanol–water partition coefficient (Wildman–Crippen LogP) is 2.50. The molecule has 0 aliphatic rings. The van der Waals surface area contributed by atoms with Gasteiger partial charge in [-0.25, -0.2) is 9.78 Å². The van der Waals surface area contributed by atoms with Crippen LogP contribution in [0.5, 0.6) is 0 Å². The van der Waals surface area contributed by atoms with Gasteiger partial charge in [0.05, 0.1) is 23.7 Å². The minimum atomic E-state index is -0.954. The number of carbonyl (C=O) groups is 1. The number of fused-ring (bicyclic) bond motifs is 1. The van der Waals surface area contributed by atoms with E-state index in [1.165, 1.54) is 0 Å². The first-order valence-corrected chi connectivity index (χ1v) is 6.76. The maximum absolute atomic E-state index is 11.3. The van der Waals surface area contributed by atoms with Crippen LogP contribution in [0.1, 0.15) is 29.1 Å². The van der Waals surface area contributed by atoms with Crippen molar-refractivity contribution in [2.24, 2.45) is 0 Å². The molecule has 0 radical (unpaired) electrons. The third-order valence-electron chi connectivity index (χ3n) is 3.58. The molecule has 108 valence electrons. The topological polar surface area (TPSA) is 72.9 Å². The Morgan fingerprint density at radius 3 is 2.86 bits per heavy atom. The number of aromatic nitrogens is 4. The first-order chi connectivity index (χ1) is 10.1. The van der Waals surface area contributed by atoms with Gasteiger partial charge in [0.2, 0.25) is 0 Å². The third kappa shape index (κ3) is 2.29. The summed E-state index contributed by atoms with van der Waals surface area (Å²) in [6, 6.07) is 7.25. The van der Waals surface area contributed by atoms with Crippen molar-refractivity contribution in [3.63, 3.8) is 0 Å². The molecule has 21 heavy (non-hydrogen) atoms. The number of aryl methyl sites for hydroxylation is 1. The standard InChI is InChI=1S/C15H16N4O2/c1-10(9-18-8-4-7-16-18)19-11(2)17-14-12(15(20)21)5-3-6-13(14)19/h3-8,10H,9H2,1-2H3,(H,20,21). The number of hydrogen-bond acceptors (Lipinski definition) is 3. The van der Waals surface area contributed by atoms with E-state index >= 15 is 0 Å².